The van der Waals surface area contributed by atoms with Crippen LogP contribution in [0.2, 0.25) is 0 Å². The summed E-state index contributed by atoms with van der Waals surface area (Å²) in [5, 5.41) is 5.66. The molecule has 2 amide bonds. The van der Waals surface area contributed by atoms with Gasteiger partial charge in [-0.1, -0.05) is 34.1 Å². The monoisotopic (exact) mass is 362 g/mol. The number of carbonyl (C=O) groups is 1. The molecule has 2 N–H and O–H groups in total. The lowest BCUT2D eigenvalue weighted by Gasteiger charge is -2.12. The zero-order valence-electron chi connectivity index (χ0n) is 12.7. The Morgan fingerprint density at radius 3 is 2.77 bits per heavy atom. The summed E-state index contributed by atoms with van der Waals surface area (Å²) in [6, 6.07) is 13.5. The van der Waals surface area contributed by atoms with Gasteiger partial charge in [-0.05, 0) is 48.7 Å². The first kappa shape index (κ1) is 16.4. The number of methoxy groups -OCH3 is 1. The van der Waals surface area contributed by atoms with Gasteiger partial charge in [0, 0.05) is 11.0 Å². The van der Waals surface area contributed by atoms with Crippen LogP contribution >= 0.6 is 15.9 Å². The van der Waals surface area contributed by atoms with E-state index in [0.29, 0.717) is 18.0 Å². The minimum absolute atomic E-state index is 0.237. The Bertz CT molecular complexity index is 659. The Kier molecular flexibility index (Phi) is 5.83. The normalized spacial score (nSPS) is 10.1. The number of hydrogen-bond acceptors (Lipinski definition) is 2. The molecule has 0 aliphatic carbocycles. The van der Waals surface area contributed by atoms with Gasteiger partial charge in [0.1, 0.15) is 5.75 Å². The van der Waals surface area contributed by atoms with Crippen molar-refractivity contribution in [2.75, 3.05) is 19.0 Å². The van der Waals surface area contributed by atoms with Crippen LogP contribution in [0, 0.1) is 6.92 Å². The summed E-state index contributed by atoms with van der Waals surface area (Å²) in [4.78, 5) is 12.0. The van der Waals surface area contributed by atoms with Gasteiger partial charge in [-0.15, -0.1) is 0 Å². The predicted molar refractivity (Wildman–Crippen MR) is 92.6 cm³/mol. The predicted octanol–water partition coefficient (Wildman–Crippen LogP) is 4.13. The highest BCUT2D eigenvalue weighted by molar-refractivity contribution is 9.10. The second-order valence-corrected chi connectivity index (χ2v) is 5.88. The fourth-order valence-corrected chi connectivity index (χ4v) is 2.55. The van der Waals surface area contributed by atoms with Crippen molar-refractivity contribution in [1.29, 1.82) is 0 Å². The summed E-state index contributed by atoms with van der Waals surface area (Å²) < 4.78 is 6.28. The molecule has 0 aliphatic rings. The number of ether oxygens (including phenoxy) is 1. The summed E-state index contributed by atoms with van der Waals surface area (Å²) in [5.74, 6) is 0.646. The number of aryl methyl sites for hydroxylation is 1. The van der Waals surface area contributed by atoms with Crippen LogP contribution in [0.1, 0.15) is 11.1 Å². The van der Waals surface area contributed by atoms with Gasteiger partial charge in [0.25, 0.3) is 0 Å². The van der Waals surface area contributed by atoms with Crippen LogP contribution in [-0.2, 0) is 6.42 Å². The molecular weight excluding hydrogens is 344 g/mol. The van der Waals surface area contributed by atoms with Gasteiger partial charge >= 0.3 is 6.03 Å². The fraction of sp³-hybridized carbons (Fsp3) is 0.235. The van der Waals surface area contributed by atoms with E-state index in [0.717, 1.165) is 16.5 Å². The third-order valence-corrected chi connectivity index (χ3v) is 3.68. The van der Waals surface area contributed by atoms with E-state index in [-0.39, 0.29) is 6.03 Å². The molecule has 4 nitrogen and oxygen atoms in total. The van der Waals surface area contributed by atoms with Gasteiger partial charge in [-0.2, -0.15) is 0 Å². The number of anilines is 1. The number of halogens is 1. The highest BCUT2D eigenvalue weighted by Gasteiger charge is 2.07. The quantitative estimate of drug-likeness (QED) is 0.839. The van der Waals surface area contributed by atoms with Crippen molar-refractivity contribution in [3.8, 4) is 5.75 Å². The van der Waals surface area contributed by atoms with Crippen LogP contribution in [0.3, 0.4) is 0 Å². The van der Waals surface area contributed by atoms with Crippen LogP contribution in [-0.4, -0.2) is 19.7 Å². The van der Waals surface area contributed by atoms with E-state index in [1.54, 1.807) is 7.11 Å². The van der Waals surface area contributed by atoms with Gasteiger partial charge in [-0.3, -0.25) is 0 Å². The summed E-state index contributed by atoms with van der Waals surface area (Å²) in [6.07, 6.45) is 0.776. The van der Waals surface area contributed by atoms with E-state index >= 15 is 0 Å². The molecule has 0 bridgehead atoms. The van der Waals surface area contributed by atoms with Crippen molar-refractivity contribution in [3.05, 3.63) is 58.1 Å². The molecule has 0 radical (unpaired) electrons. The van der Waals surface area contributed by atoms with Gasteiger partial charge in [-0.25, -0.2) is 4.79 Å². The van der Waals surface area contributed by atoms with Crippen LogP contribution in [0.15, 0.2) is 46.9 Å². The Balaban J connectivity index is 1.87. The topological polar surface area (TPSA) is 50.4 Å². The zero-order valence-corrected chi connectivity index (χ0v) is 14.2. The summed E-state index contributed by atoms with van der Waals surface area (Å²) in [7, 11) is 1.58. The molecule has 0 unspecified atom stereocenters. The van der Waals surface area contributed by atoms with Gasteiger partial charge in [0.15, 0.2) is 0 Å². The summed E-state index contributed by atoms with van der Waals surface area (Å²) >= 11 is 3.44. The van der Waals surface area contributed by atoms with Gasteiger partial charge < -0.3 is 15.4 Å². The molecule has 116 valence electrons. The highest BCUT2D eigenvalue weighted by Crippen LogP contribution is 2.24. The van der Waals surface area contributed by atoms with E-state index < -0.39 is 0 Å². The number of rotatable bonds is 5. The molecule has 0 saturated heterocycles. The molecule has 2 rings (SSSR count). The SMILES string of the molecule is COc1ccc(C)cc1NC(=O)NCCc1cccc(Br)c1. The second-order valence-electron chi connectivity index (χ2n) is 4.96. The summed E-state index contributed by atoms with van der Waals surface area (Å²) in [5.41, 5.74) is 2.90. The lowest BCUT2D eigenvalue weighted by molar-refractivity contribution is 0.252. The molecule has 0 aliphatic heterocycles. The third kappa shape index (κ3) is 4.77. The fourth-order valence-electron chi connectivity index (χ4n) is 2.10. The molecule has 0 fully saturated rings. The second kappa shape index (κ2) is 7.84. The first-order valence-corrected chi connectivity index (χ1v) is 7.81. The number of amides is 2. The van der Waals surface area contributed by atoms with Crippen molar-refractivity contribution < 1.29 is 9.53 Å². The molecule has 0 heterocycles. The number of benzene rings is 2. The Hall–Kier alpha value is -2.01. The van der Waals surface area contributed by atoms with Crippen molar-refractivity contribution in [2.24, 2.45) is 0 Å². The van der Waals surface area contributed by atoms with E-state index in [9.17, 15) is 4.79 Å². The first-order chi connectivity index (χ1) is 10.6. The van der Waals surface area contributed by atoms with Gasteiger partial charge in [0.05, 0.1) is 12.8 Å². The van der Waals surface area contributed by atoms with Crippen LogP contribution < -0.4 is 15.4 Å². The standard InChI is InChI=1S/C17H19BrN2O2/c1-12-6-7-16(22-2)15(10-12)20-17(21)19-9-8-13-4-3-5-14(18)11-13/h3-7,10-11H,8-9H2,1-2H3,(H2,19,20,21). The number of carbonyl (C=O) groups excluding carboxylic acids is 1. The van der Waals surface area contributed by atoms with Crippen LogP contribution in [0.5, 0.6) is 5.75 Å². The average molecular weight is 363 g/mol. The highest BCUT2D eigenvalue weighted by atomic mass is 79.9. The number of urea groups is 1. The van der Waals surface area contributed by atoms with E-state index in [1.807, 2.05) is 49.4 Å². The van der Waals surface area contributed by atoms with Crippen LogP contribution in [0.25, 0.3) is 0 Å². The average Bonchev–Trinajstić information content (AvgIpc) is 2.47. The van der Waals surface area contributed by atoms with Gasteiger partial charge in [0.2, 0.25) is 0 Å². The maximum Gasteiger partial charge on any atom is 0.319 e. The smallest absolute Gasteiger partial charge is 0.319 e. The number of nitrogens with one attached hydrogen (secondary N) is 2. The molecule has 2 aromatic carbocycles. The zero-order chi connectivity index (χ0) is 15.9. The molecule has 0 saturated carbocycles. The molecule has 2 aromatic rings. The first-order valence-electron chi connectivity index (χ1n) is 7.02. The largest absolute Gasteiger partial charge is 0.495 e. The van der Waals surface area contributed by atoms with E-state index in [4.69, 9.17) is 4.74 Å². The van der Waals surface area contributed by atoms with E-state index in [1.165, 1.54) is 5.56 Å². The van der Waals surface area contributed by atoms with Crippen molar-refractivity contribution >= 4 is 27.6 Å². The third-order valence-electron chi connectivity index (χ3n) is 3.19. The Morgan fingerprint density at radius 2 is 2.05 bits per heavy atom. The lowest BCUT2D eigenvalue weighted by Crippen LogP contribution is -2.30. The minimum atomic E-state index is -0.237. The van der Waals surface area contributed by atoms with Crippen LogP contribution in [0.4, 0.5) is 10.5 Å². The minimum Gasteiger partial charge on any atom is -0.495 e. The molecule has 0 atom stereocenters. The number of hydrogen-bond donors (Lipinski definition) is 2. The molecule has 5 heteroatoms. The van der Waals surface area contributed by atoms with Crippen molar-refractivity contribution in [3.63, 3.8) is 0 Å². The van der Waals surface area contributed by atoms with E-state index in [2.05, 4.69) is 26.6 Å². The molecule has 0 spiro atoms. The van der Waals surface area contributed by atoms with Crippen molar-refractivity contribution in [1.82, 2.24) is 5.32 Å². The Labute approximate surface area is 139 Å². The molecule has 22 heavy (non-hydrogen) atoms. The Morgan fingerprint density at radius 1 is 1.23 bits per heavy atom. The summed E-state index contributed by atoms with van der Waals surface area (Å²) in [6.45, 7) is 2.53. The molecule has 0 aromatic heterocycles. The van der Waals surface area contributed by atoms with Crippen molar-refractivity contribution in [2.45, 2.75) is 13.3 Å². The molecular formula is C17H19BrN2O2. The lowest BCUT2D eigenvalue weighted by atomic mass is 10.1. The maximum absolute atomic E-state index is 12.0. The maximum atomic E-state index is 12.0.